The van der Waals surface area contributed by atoms with E-state index in [0.29, 0.717) is 36.3 Å². The minimum absolute atomic E-state index is 0.103. The van der Waals surface area contributed by atoms with Gasteiger partial charge in [0.2, 0.25) is 5.91 Å². The first-order valence-electron chi connectivity index (χ1n) is 8.76. The standard InChI is InChI=1S/C18H23N3O3S2/c22-16(24-12-14-5-2-1-3-6-14)11-20-7-4-8-21(10-9-20)17(23)15-13-26-18(25)19-15/h1-3,5-6,15H,4,7-13H2,(H,19,25). The molecule has 2 saturated heterocycles. The fourth-order valence-electron chi connectivity index (χ4n) is 3.05. The van der Waals surface area contributed by atoms with Gasteiger partial charge in [0.1, 0.15) is 17.0 Å². The van der Waals surface area contributed by atoms with Crippen molar-refractivity contribution in [3.63, 3.8) is 0 Å². The van der Waals surface area contributed by atoms with Crippen LogP contribution in [0.1, 0.15) is 12.0 Å². The maximum absolute atomic E-state index is 12.6. The summed E-state index contributed by atoms with van der Waals surface area (Å²) in [6.45, 7) is 3.36. The zero-order valence-corrected chi connectivity index (χ0v) is 16.2. The highest BCUT2D eigenvalue weighted by Gasteiger charge is 2.30. The number of carbonyl (C=O) groups is 2. The minimum Gasteiger partial charge on any atom is -0.460 e. The van der Waals surface area contributed by atoms with Gasteiger partial charge in [-0.15, -0.1) is 0 Å². The first kappa shape index (κ1) is 19.1. The molecule has 2 aliphatic rings. The molecule has 3 rings (SSSR count). The van der Waals surface area contributed by atoms with E-state index in [9.17, 15) is 9.59 Å². The SMILES string of the molecule is O=C(CN1CCCN(C(=O)C2CSC(=S)N2)CC1)OCc1ccccc1. The predicted molar refractivity (Wildman–Crippen MR) is 106 cm³/mol. The summed E-state index contributed by atoms with van der Waals surface area (Å²) in [6.07, 6.45) is 0.849. The van der Waals surface area contributed by atoms with E-state index in [0.717, 1.165) is 18.5 Å². The van der Waals surface area contributed by atoms with Crippen LogP contribution in [-0.2, 0) is 20.9 Å². The number of rotatable bonds is 5. The molecule has 6 nitrogen and oxygen atoms in total. The number of carbonyl (C=O) groups excluding carboxylic acids is 2. The topological polar surface area (TPSA) is 61.9 Å². The highest BCUT2D eigenvalue weighted by atomic mass is 32.2. The van der Waals surface area contributed by atoms with Crippen molar-refractivity contribution in [2.45, 2.75) is 19.1 Å². The Balaban J connectivity index is 1.42. The summed E-state index contributed by atoms with van der Waals surface area (Å²) in [7, 11) is 0. The molecule has 0 aliphatic carbocycles. The number of thiocarbonyl (C=S) groups is 1. The van der Waals surface area contributed by atoms with E-state index in [-0.39, 0.29) is 24.5 Å². The second-order valence-electron chi connectivity index (χ2n) is 6.40. The van der Waals surface area contributed by atoms with Crippen LogP contribution in [0.4, 0.5) is 0 Å². The summed E-state index contributed by atoms with van der Waals surface area (Å²) < 4.78 is 6.05. The Bertz CT molecular complexity index is 656. The summed E-state index contributed by atoms with van der Waals surface area (Å²) in [5, 5.41) is 3.06. The van der Waals surface area contributed by atoms with Gasteiger partial charge in [-0.25, -0.2) is 0 Å². The molecule has 140 valence electrons. The van der Waals surface area contributed by atoms with E-state index in [1.165, 1.54) is 11.8 Å². The Morgan fingerprint density at radius 1 is 1.19 bits per heavy atom. The van der Waals surface area contributed by atoms with Crippen molar-refractivity contribution < 1.29 is 14.3 Å². The summed E-state index contributed by atoms with van der Waals surface area (Å²) in [5.41, 5.74) is 0.980. The van der Waals surface area contributed by atoms with Gasteiger partial charge in [0.25, 0.3) is 0 Å². The van der Waals surface area contributed by atoms with Crippen LogP contribution in [0.25, 0.3) is 0 Å². The summed E-state index contributed by atoms with van der Waals surface area (Å²) in [4.78, 5) is 28.6. The van der Waals surface area contributed by atoms with Crippen molar-refractivity contribution in [3.8, 4) is 0 Å². The molecule has 1 amide bonds. The number of amides is 1. The highest BCUT2D eigenvalue weighted by Crippen LogP contribution is 2.16. The third-order valence-corrected chi connectivity index (χ3v) is 5.82. The maximum atomic E-state index is 12.6. The van der Waals surface area contributed by atoms with E-state index in [1.807, 2.05) is 35.2 Å². The largest absolute Gasteiger partial charge is 0.460 e. The van der Waals surface area contributed by atoms with Crippen LogP contribution < -0.4 is 5.32 Å². The molecule has 0 spiro atoms. The van der Waals surface area contributed by atoms with Crippen LogP contribution in [-0.4, -0.2) is 70.5 Å². The Kier molecular flexibility index (Phi) is 6.87. The second-order valence-corrected chi connectivity index (χ2v) is 8.09. The third kappa shape index (κ3) is 5.43. The Labute approximate surface area is 163 Å². The lowest BCUT2D eigenvalue weighted by atomic mass is 10.2. The number of hydrogen-bond acceptors (Lipinski definition) is 6. The van der Waals surface area contributed by atoms with Crippen LogP contribution >= 0.6 is 24.0 Å². The zero-order valence-electron chi connectivity index (χ0n) is 14.6. The predicted octanol–water partition coefficient (Wildman–Crippen LogP) is 1.25. The number of nitrogens with one attached hydrogen (secondary N) is 1. The molecule has 0 bridgehead atoms. The number of esters is 1. The average Bonchev–Trinajstić information content (AvgIpc) is 2.95. The van der Waals surface area contributed by atoms with Gasteiger partial charge in [-0.3, -0.25) is 14.5 Å². The van der Waals surface area contributed by atoms with Gasteiger partial charge in [0.15, 0.2) is 0 Å². The molecule has 1 aromatic rings. The lowest BCUT2D eigenvalue weighted by Crippen LogP contribution is -2.47. The molecule has 2 heterocycles. The van der Waals surface area contributed by atoms with Gasteiger partial charge in [0.05, 0.1) is 6.54 Å². The van der Waals surface area contributed by atoms with E-state index in [1.54, 1.807) is 0 Å². The Morgan fingerprint density at radius 2 is 2.00 bits per heavy atom. The molecule has 2 fully saturated rings. The van der Waals surface area contributed by atoms with Gasteiger partial charge in [-0.2, -0.15) is 0 Å². The molecular formula is C18H23N3O3S2. The number of ether oxygens (including phenoxy) is 1. The number of hydrogen-bond donors (Lipinski definition) is 1. The van der Waals surface area contributed by atoms with Crippen molar-refractivity contribution in [1.29, 1.82) is 0 Å². The second kappa shape index (κ2) is 9.34. The van der Waals surface area contributed by atoms with Crippen molar-refractivity contribution >= 4 is 40.2 Å². The normalized spacial score (nSPS) is 21.2. The van der Waals surface area contributed by atoms with Crippen LogP contribution in [0.5, 0.6) is 0 Å². The van der Waals surface area contributed by atoms with Gasteiger partial charge in [-0.05, 0) is 12.0 Å². The van der Waals surface area contributed by atoms with Crippen molar-refractivity contribution in [2.24, 2.45) is 0 Å². The van der Waals surface area contributed by atoms with Gasteiger partial charge in [-0.1, -0.05) is 54.3 Å². The molecule has 2 aliphatic heterocycles. The molecule has 0 aromatic heterocycles. The Morgan fingerprint density at radius 3 is 2.73 bits per heavy atom. The monoisotopic (exact) mass is 393 g/mol. The summed E-state index contributed by atoms with van der Waals surface area (Å²) in [6, 6.07) is 9.44. The van der Waals surface area contributed by atoms with Crippen LogP contribution in [0.3, 0.4) is 0 Å². The average molecular weight is 394 g/mol. The highest BCUT2D eigenvalue weighted by molar-refractivity contribution is 8.23. The van der Waals surface area contributed by atoms with E-state index in [2.05, 4.69) is 10.2 Å². The smallest absolute Gasteiger partial charge is 0.320 e. The fourth-order valence-corrected chi connectivity index (χ4v) is 4.17. The molecule has 8 heteroatoms. The Hall–Kier alpha value is -1.64. The van der Waals surface area contributed by atoms with Gasteiger partial charge < -0.3 is 15.0 Å². The summed E-state index contributed by atoms with van der Waals surface area (Å²) in [5.74, 6) is 0.572. The number of benzene rings is 1. The number of thioether (sulfide) groups is 1. The molecular weight excluding hydrogens is 370 g/mol. The lowest BCUT2D eigenvalue weighted by Gasteiger charge is -2.24. The van der Waals surface area contributed by atoms with E-state index < -0.39 is 0 Å². The first-order chi connectivity index (χ1) is 12.6. The molecule has 0 radical (unpaired) electrons. The lowest BCUT2D eigenvalue weighted by molar-refractivity contribution is -0.146. The molecule has 1 N–H and O–H groups in total. The van der Waals surface area contributed by atoms with Crippen LogP contribution in [0, 0.1) is 0 Å². The van der Waals surface area contributed by atoms with E-state index >= 15 is 0 Å². The number of nitrogens with zero attached hydrogens (tertiary/aromatic N) is 2. The van der Waals surface area contributed by atoms with Crippen LogP contribution in [0.2, 0.25) is 0 Å². The fraction of sp³-hybridized carbons (Fsp3) is 0.500. The van der Waals surface area contributed by atoms with Crippen molar-refractivity contribution in [1.82, 2.24) is 15.1 Å². The zero-order chi connectivity index (χ0) is 18.4. The molecule has 1 aromatic carbocycles. The molecule has 26 heavy (non-hydrogen) atoms. The summed E-state index contributed by atoms with van der Waals surface area (Å²) >= 11 is 6.61. The molecule has 1 atom stereocenters. The molecule has 1 unspecified atom stereocenters. The first-order valence-corrected chi connectivity index (χ1v) is 10.1. The van der Waals surface area contributed by atoms with E-state index in [4.69, 9.17) is 17.0 Å². The third-order valence-electron chi connectivity index (χ3n) is 4.47. The van der Waals surface area contributed by atoms with Gasteiger partial charge in [0, 0.05) is 31.9 Å². The van der Waals surface area contributed by atoms with Crippen molar-refractivity contribution in [2.75, 3.05) is 38.5 Å². The molecule has 0 saturated carbocycles. The maximum Gasteiger partial charge on any atom is 0.320 e. The minimum atomic E-state index is -0.229. The quantitative estimate of drug-likeness (QED) is 0.597. The van der Waals surface area contributed by atoms with Crippen LogP contribution in [0.15, 0.2) is 30.3 Å². The van der Waals surface area contributed by atoms with Gasteiger partial charge >= 0.3 is 5.97 Å². The van der Waals surface area contributed by atoms with Crippen molar-refractivity contribution in [3.05, 3.63) is 35.9 Å².